The quantitative estimate of drug-likeness (QED) is 0.227. The highest BCUT2D eigenvalue weighted by molar-refractivity contribution is 7.21. The van der Waals surface area contributed by atoms with Crippen molar-refractivity contribution in [3.8, 4) is 16.9 Å². The molecule has 0 aliphatic heterocycles. The van der Waals surface area contributed by atoms with E-state index in [1.54, 1.807) is 37.3 Å². The minimum atomic E-state index is -0.00723. The molecule has 1 aliphatic rings. The maximum Gasteiger partial charge on any atom is 0.264 e. The molecule has 6 nitrogen and oxygen atoms in total. The number of amides is 2. The van der Waals surface area contributed by atoms with Gasteiger partial charge in [-0.15, -0.1) is 11.3 Å². The van der Waals surface area contributed by atoms with Crippen molar-refractivity contribution in [3.05, 3.63) is 81.7 Å². The molecule has 0 atom stereocenters. The highest BCUT2D eigenvalue weighted by Gasteiger charge is 2.32. The molecule has 1 N–H and O–H groups in total. The Hall–Kier alpha value is -3.68. The van der Waals surface area contributed by atoms with E-state index in [2.05, 4.69) is 55.3 Å². The first-order valence-electron chi connectivity index (χ1n) is 15.1. The van der Waals surface area contributed by atoms with Crippen molar-refractivity contribution < 1.29 is 14.3 Å². The van der Waals surface area contributed by atoms with E-state index in [0.29, 0.717) is 12.6 Å². The number of aryl methyl sites for hydroxylation is 3. The van der Waals surface area contributed by atoms with Crippen molar-refractivity contribution in [3.63, 3.8) is 0 Å². The first-order valence-corrected chi connectivity index (χ1v) is 15.9. The summed E-state index contributed by atoms with van der Waals surface area (Å²) in [6.45, 7) is 8.40. The Morgan fingerprint density at radius 2 is 1.58 bits per heavy atom. The van der Waals surface area contributed by atoms with E-state index in [-0.39, 0.29) is 17.9 Å². The molecule has 226 valence electrons. The Balaban J connectivity index is 1.53. The molecule has 1 heterocycles. The van der Waals surface area contributed by atoms with Crippen molar-refractivity contribution >= 4 is 38.9 Å². The topological polar surface area (TPSA) is 61.9 Å². The second-order valence-corrected chi connectivity index (χ2v) is 12.9. The van der Waals surface area contributed by atoms with Gasteiger partial charge in [0, 0.05) is 48.6 Å². The lowest BCUT2D eigenvalue weighted by molar-refractivity contribution is -0.116. The number of ether oxygens (including phenoxy) is 1. The van der Waals surface area contributed by atoms with Crippen LogP contribution in [0.25, 0.3) is 21.2 Å². The Morgan fingerprint density at radius 1 is 0.930 bits per heavy atom. The molecule has 1 aliphatic carbocycles. The summed E-state index contributed by atoms with van der Waals surface area (Å²) in [5, 5.41) is 4.64. The number of hydrogen-bond donors (Lipinski definition) is 1. The Morgan fingerprint density at radius 3 is 2.19 bits per heavy atom. The summed E-state index contributed by atoms with van der Waals surface area (Å²) in [6, 6.07) is 19.1. The highest BCUT2D eigenvalue weighted by Crippen LogP contribution is 2.38. The summed E-state index contributed by atoms with van der Waals surface area (Å²) in [5.41, 5.74) is 7.43. The molecule has 1 aromatic heterocycles. The van der Waals surface area contributed by atoms with Gasteiger partial charge in [0.15, 0.2) is 0 Å². The number of carbonyl (C=O) groups is 2. The first kappa shape index (κ1) is 30.8. The van der Waals surface area contributed by atoms with E-state index in [1.807, 2.05) is 37.4 Å². The van der Waals surface area contributed by atoms with Gasteiger partial charge in [-0.25, -0.2) is 0 Å². The minimum absolute atomic E-state index is 0.00723. The fourth-order valence-electron chi connectivity index (χ4n) is 6.38. The van der Waals surface area contributed by atoms with Gasteiger partial charge in [-0.1, -0.05) is 30.3 Å². The zero-order valence-electron chi connectivity index (χ0n) is 26.4. The number of nitrogens with zero attached hydrogens (tertiary/aromatic N) is 2. The summed E-state index contributed by atoms with van der Waals surface area (Å²) in [5.74, 6) is 0.875. The molecule has 0 saturated heterocycles. The van der Waals surface area contributed by atoms with Gasteiger partial charge in [-0.3, -0.25) is 9.59 Å². The van der Waals surface area contributed by atoms with E-state index in [4.69, 9.17) is 4.74 Å². The van der Waals surface area contributed by atoms with Gasteiger partial charge in [-0.05, 0) is 111 Å². The van der Waals surface area contributed by atoms with Gasteiger partial charge in [0.25, 0.3) is 5.91 Å². The lowest BCUT2D eigenvalue weighted by Crippen LogP contribution is -2.44. The van der Waals surface area contributed by atoms with Crippen LogP contribution in [-0.2, 0) is 11.3 Å². The molecule has 5 rings (SSSR count). The molecule has 0 unspecified atom stereocenters. The second kappa shape index (κ2) is 12.9. The number of fused-ring (bicyclic) bond motifs is 1. The number of nitrogens with one attached hydrogen (secondary N) is 1. The number of hydrogen-bond acceptors (Lipinski definition) is 5. The van der Waals surface area contributed by atoms with Crippen LogP contribution in [0.15, 0.2) is 54.6 Å². The molecule has 43 heavy (non-hydrogen) atoms. The highest BCUT2D eigenvalue weighted by atomic mass is 32.1. The number of benzene rings is 3. The van der Waals surface area contributed by atoms with Gasteiger partial charge in [0.2, 0.25) is 5.91 Å². The number of rotatable bonds is 8. The van der Waals surface area contributed by atoms with Gasteiger partial charge < -0.3 is 19.9 Å². The third-order valence-corrected chi connectivity index (χ3v) is 10.6. The second-order valence-electron chi connectivity index (χ2n) is 11.8. The molecule has 3 aromatic carbocycles. The number of thiophene rings is 1. The van der Waals surface area contributed by atoms with Crippen LogP contribution in [0.3, 0.4) is 0 Å². The molecule has 4 aromatic rings. The third kappa shape index (κ3) is 6.20. The zero-order chi connectivity index (χ0) is 30.8. The van der Waals surface area contributed by atoms with Gasteiger partial charge in [0.05, 0.1) is 12.0 Å². The molecule has 0 bridgehead atoms. The van der Waals surface area contributed by atoms with E-state index >= 15 is 0 Å². The molecular formula is C36H43N3O3S. The van der Waals surface area contributed by atoms with Crippen molar-refractivity contribution in [2.45, 2.75) is 72.0 Å². The third-order valence-electron chi connectivity index (χ3n) is 9.16. The SMILES string of the molecule is CNC1CCC(N(Cc2cc(-c3ccc(N(C)C(C)=O)cc3)ccc2OC)C(=O)c2sc3c(C)ccc(C)c3c2C)CC1. The molecule has 7 heteroatoms. The summed E-state index contributed by atoms with van der Waals surface area (Å²) in [6.07, 6.45) is 4.03. The van der Waals surface area contributed by atoms with Crippen molar-refractivity contribution in [1.29, 1.82) is 0 Å². The Labute approximate surface area is 259 Å². The van der Waals surface area contributed by atoms with E-state index in [9.17, 15) is 9.59 Å². The van der Waals surface area contributed by atoms with Gasteiger partial charge >= 0.3 is 0 Å². The largest absolute Gasteiger partial charge is 0.496 e. The summed E-state index contributed by atoms with van der Waals surface area (Å²) in [4.78, 5) is 31.0. The molecule has 1 fully saturated rings. The van der Waals surface area contributed by atoms with Crippen LogP contribution < -0.4 is 15.0 Å². The Kier molecular flexibility index (Phi) is 9.23. The molecular weight excluding hydrogens is 554 g/mol. The van der Waals surface area contributed by atoms with Crippen molar-refractivity contribution in [2.75, 3.05) is 26.1 Å². The number of anilines is 1. The first-order chi connectivity index (χ1) is 20.6. The lowest BCUT2D eigenvalue weighted by atomic mass is 9.89. The maximum absolute atomic E-state index is 14.6. The van der Waals surface area contributed by atoms with Crippen LogP contribution >= 0.6 is 11.3 Å². The predicted octanol–water partition coefficient (Wildman–Crippen LogP) is 7.66. The lowest BCUT2D eigenvalue weighted by Gasteiger charge is -2.37. The fraction of sp³-hybridized carbons (Fsp3) is 0.389. The average Bonchev–Trinajstić information content (AvgIpc) is 3.39. The summed E-state index contributed by atoms with van der Waals surface area (Å²) in [7, 11) is 5.50. The van der Waals surface area contributed by atoms with Crippen molar-refractivity contribution in [1.82, 2.24) is 10.2 Å². The van der Waals surface area contributed by atoms with Crippen LogP contribution in [0.1, 0.15) is 64.5 Å². The van der Waals surface area contributed by atoms with E-state index in [0.717, 1.165) is 64.3 Å². The average molecular weight is 598 g/mol. The smallest absolute Gasteiger partial charge is 0.264 e. The van der Waals surface area contributed by atoms with Crippen LogP contribution in [0.4, 0.5) is 5.69 Å². The standard InChI is InChI=1S/C36H43N3O3S/c1-22-8-9-23(2)34-33(22)24(3)35(43-34)36(41)39(31-17-13-29(37-5)14-18-31)21-28-20-27(12-19-32(28)42-7)26-10-15-30(16-11-26)38(6)25(4)40/h8-12,15-16,19-20,29,31,37H,13-14,17-18,21H2,1-7H3. The molecule has 0 spiro atoms. The van der Waals surface area contributed by atoms with Crippen molar-refractivity contribution in [2.24, 2.45) is 0 Å². The zero-order valence-corrected chi connectivity index (χ0v) is 27.2. The normalized spacial score (nSPS) is 16.7. The Bertz CT molecular complexity index is 1630. The van der Waals surface area contributed by atoms with Gasteiger partial charge in [-0.2, -0.15) is 0 Å². The summed E-state index contributed by atoms with van der Waals surface area (Å²) >= 11 is 1.63. The van der Waals surface area contributed by atoms with Crippen LogP contribution in [0.5, 0.6) is 5.75 Å². The summed E-state index contributed by atoms with van der Waals surface area (Å²) < 4.78 is 7.04. The number of carbonyl (C=O) groups excluding carboxylic acids is 2. The maximum atomic E-state index is 14.6. The number of methoxy groups -OCH3 is 1. The van der Waals surface area contributed by atoms with Crippen LogP contribution in [0.2, 0.25) is 0 Å². The van der Waals surface area contributed by atoms with E-state index < -0.39 is 0 Å². The minimum Gasteiger partial charge on any atom is -0.496 e. The van der Waals surface area contributed by atoms with Crippen LogP contribution in [0, 0.1) is 20.8 Å². The predicted molar refractivity (Wildman–Crippen MR) is 179 cm³/mol. The molecule has 2 amide bonds. The van der Waals surface area contributed by atoms with Crippen LogP contribution in [-0.4, -0.2) is 50.0 Å². The molecule has 1 saturated carbocycles. The van der Waals surface area contributed by atoms with Gasteiger partial charge in [0.1, 0.15) is 5.75 Å². The monoisotopic (exact) mass is 597 g/mol. The fourth-order valence-corrected chi connectivity index (χ4v) is 7.69. The van der Waals surface area contributed by atoms with E-state index in [1.165, 1.54) is 21.2 Å². The molecule has 0 radical (unpaired) electrons.